The van der Waals surface area contributed by atoms with Crippen molar-refractivity contribution in [2.45, 2.75) is 19.0 Å². The van der Waals surface area contributed by atoms with Crippen molar-refractivity contribution in [3.8, 4) is 0 Å². The Morgan fingerprint density at radius 1 is 0.885 bits per heavy atom. The Labute approximate surface area is 152 Å². The molecule has 3 rings (SSSR count). The third-order valence-electron chi connectivity index (χ3n) is 4.64. The second kappa shape index (κ2) is 7.97. The molecule has 0 saturated carbocycles. The quantitative estimate of drug-likeness (QED) is 0.742. The van der Waals surface area contributed by atoms with Crippen LogP contribution in [-0.2, 0) is 27.1 Å². The fraction of sp³-hybridized carbons (Fsp3) is 0.238. The molecule has 0 spiro atoms. The van der Waals surface area contributed by atoms with Gasteiger partial charge in [0.05, 0.1) is 0 Å². The molecule has 1 N–H and O–H groups in total. The minimum atomic E-state index is -0.311. The summed E-state index contributed by atoms with van der Waals surface area (Å²) in [5, 5.41) is 3.51. The number of benzene rings is 2. The molecule has 2 aromatic carbocycles. The van der Waals surface area contributed by atoms with Crippen molar-refractivity contribution in [1.82, 2.24) is 14.5 Å². The molecule has 0 fully saturated rings. The predicted molar refractivity (Wildman–Crippen MR) is 103 cm³/mol. The molecular weight excluding hydrogens is 326 g/mol. The van der Waals surface area contributed by atoms with Crippen LogP contribution in [0.3, 0.4) is 0 Å². The van der Waals surface area contributed by atoms with Crippen molar-refractivity contribution in [2.24, 2.45) is 14.1 Å². The minimum absolute atomic E-state index is 0.0813. The highest BCUT2D eigenvalue weighted by Crippen LogP contribution is 2.18. The van der Waals surface area contributed by atoms with Crippen molar-refractivity contribution in [2.75, 3.05) is 0 Å². The monoisotopic (exact) mass is 349 g/mol. The Bertz CT molecular complexity index is 976. The Hall–Kier alpha value is -2.92. The third kappa shape index (κ3) is 4.00. The maximum Gasteiger partial charge on any atom is 0.330 e. The molecule has 0 aliphatic rings. The highest BCUT2D eigenvalue weighted by Gasteiger charge is 2.13. The Kier molecular flexibility index (Phi) is 5.49. The van der Waals surface area contributed by atoms with Crippen LogP contribution in [0.5, 0.6) is 0 Å². The van der Waals surface area contributed by atoms with Gasteiger partial charge < -0.3 is 5.32 Å². The van der Waals surface area contributed by atoms with Crippen LogP contribution in [0, 0.1) is 0 Å². The van der Waals surface area contributed by atoms with Crippen LogP contribution in [0.4, 0.5) is 0 Å². The van der Waals surface area contributed by atoms with E-state index >= 15 is 0 Å². The number of aromatic nitrogens is 2. The van der Waals surface area contributed by atoms with Gasteiger partial charge in [0.15, 0.2) is 0 Å². The molecule has 0 aliphatic carbocycles. The first-order chi connectivity index (χ1) is 12.6. The van der Waals surface area contributed by atoms with Gasteiger partial charge in [-0.3, -0.25) is 13.9 Å². The first kappa shape index (κ1) is 17.9. The number of nitrogens with one attached hydrogen (secondary N) is 1. The van der Waals surface area contributed by atoms with Gasteiger partial charge in [-0.05, 0) is 17.5 Å². The highest BCUT2D eigenvalue weighted by molar-refractivity contribution is 5.24. The zero-order valence-electron chi connectivity index (χ0n) is 15.1. The average molecular weight is 349 g/mol. The van der Waals surface area contributed by atoms with Crippen molar-refractivity contribution in [1.29, 1.82) is 0 Å². The van der Waals surface area contributed by atoms with E-state index in [0.29, 0.717) is 12.2 Å². The van der Waals surface area contributed by atoms with Gasteiger partial charge in [-0.15, -0.1) is 0 Å². The summed E-state index contributed by atoms with van der Waals surface area (Å²) < 4.78 is 2.63. The number of hydrogen-bond acceptors (Lipinski definition) is 3. The van der Waals surface area contributed by atoms with Gasteiger partial charge in [-0.25, -0.2) is 4.79 Å². The van der Waals surface area contributed by atoms with E-state index in [1.807, 2.05) is 36.4 Å². The summed E-state index contributed by atoms with van der Waals surface area (Å²) in [5.74, 6) is 0. The van der Waals surface area contributed by atoms with Gasteiger partial charge in [0.1, 0.15) is 0 Å². The van der Waals surface area contributed by atoms with Crippen LogP contribution in [0.1, 0.15) is 22.9 Å². The zero-order valence-corrected chi connectivity index (χ0v) is 15.1. The summed E-state index contributed by atoms with van der Waals surface area (Å²) in [6.07, 6.45) is 0.823. The van der Waals surface area contributed by atoms with E-state index in [9.17, 15) is 9.59 Å². The molecule has 1 heterocycles. The van der Waals surface area contributed by atoms with E-state index in [0.717, 1.165) is 11.0 Å². The molecular formula is C21H23N3O2. The molecule has 0 bridgehead atoms. The molecule has 0 radical (unpaired) electrons. The molecule has 1 atom stereocenters. The van der Waals surface area contributed by atoms with Crippen molar-refractivity contribution in [3.63, 3.8) is 0 Å². The molecule has 0 saturated heterocycles. The Balaban J connectivity index is 1.85. The number of hydrogen-bond donors (Lipinski definition) is 1. The van der Waals surface area contributed by atoms with E-state index in [1.165, 1.54) is 28.8 Å². The lowest BCUT2D eigenvalue weighted by atomic mass is 9.99. The van der Waals surface area contributed by atoms with Crippen LogP contribution in [0.15, 0.2) is 76.3 Å². The van der Waals surface area contributed by atoms with E-state index in [2.05, 4.69) is 29.6 Å². The fourth-order valence-corrected chi connectivity index (χ4v) is 3.02. The normalized spacial score (nSPS) is 12.1. The molecule has 3 aromatic rings. The van der Waals surface area contributed by atoms with Gasteiger partial charge in [0, 0.05) is 38.4 Å². The third-order valence-corrected chi connectivity index (χ3v) is 4.64. The summed E-state index contributed by atoms with van der Waals surface area (Å²) in [6, 6.07) is 22.1. The number of nitrogens with zero attached hydrogens (tertiary/aromatic N) is 2. The summed E-state index contributed by atoms with van der Waals surface area (Å²) in [4.78, 5) is 24.1. The topological polar surface area (TPSA) is 56.0 Å². The molecule has 1 aromatic heterocycles. The molecule has 26 heavy (non-hydrogen) atoms. The minimum Gasteiger partial charge on any atom is -0.304 e. The van der Waals surface area contributed by atoms with Gasteiger partial charge in [-0.1, -0.05) is 60.7 Å². The first-order valence-corrected chi connectivity index (χ1v) is 8.64. The number of rotatable bonds is 6. The van der Waals surface area contributed by atoms with E-state index < -0.39 is 0 Å². The van der Waals surface area contributed by atoms with E-state index in [4.69, 9.17) is 0 Å². The Morgan fingerprint density at radius 3 is 2.15 bits per heavy atom. The Morgan fingerprint density at radius 2 is 1.50 bits per heavy atom. The van der Waals surface area contributed by atoms with Crippen molar-refractivity contribution >= 4 is 0 Å². The molecule has 134 valence electrons. The maximum absolute atomic E-state index is 12.1. The predicted octanol–water partition coefficient (Wildman–Crippen LogP) is 2.16. The lowest BCUT2D eigenvalue weighted by Crippen LogP contribution is -2.39. The smallest absolute Gasteiger partial charge is 0.304 e. The van der Waals surface area contributed by atoms with Gasteiger partial charge in [0.25, 0.3) is 5.56 Å². The molecule has 0 unspecified atom stereocenters. The second-order valence-electron chi connectivity index (χ2n) is 6.41. The van der Waals surface area contributed by atoms with E-state index in [-0.39, 0.29) is 17.3 Å². The van der Waals surface area contributed by atoms with Crippen molar-refractivity contribution < 1.29 is 0 Å². The lowest BCUT2D eigenvalue weighted by Gasteiger charge is -2.20. The van der Waals surface area contributed by atoms with Crippen LogP contribution < -0.4 is 16.6 Å². The molecule has 5 heteroatoms. The maximum atomic E-state index is 12.1. The van der Waals surface area contributed by atoms with Crippen LogP contribution in [0.2, 0.25) is 0 Å². The van der Waals surface area contributed by atoms with Crippen LogP contribution in [-0.4, -0.2) is 9.13 Å². The lowest BCUT2D eigenvalue weighted by molar-refractivity contribution is 0.508. The van der Waals surface area contributed by atoms with Gasteiger partial charge in [0.2, 0.25) is 0 Å². The largest absolute Gasteiger partial charge is 0.330 e. The van der Waals surface area contributed by atoms with Crippen LogP contribution in [0.25, 0.3) is 0 Å². The summed E-state index contributed by atoms with van der Waals surface area (Å²) in [6.45, 7) is 0.439. The zero-order chi connectivity index (χ0) is 18.5. The summed E-state index contributed by atoms with van der Waals surface area (Å²) >= 11 is 0. The van der Waals surface area contributed by atoms with Gasteiger partial charge in [-0.2, -0.15) is 0 Å². The first-order valence-electron chi connectivity index (χ1n) is 8.64. The average Bonchev–Trinajstić information content (AvgIpc) is 2.68. The standard InChI is InChI=1S/C21H23N3O2/c1-23-18(14-20(25)24(2)21(23)26)15-22-19(17-11-7-4-8-12-17)13-16-9-5-3-6-10-16/h3-12,14,19,22H,13,15H2,1-2H3/t19-/m0/s1. The fourth-order valence-electron chi connectivity index (χ4n) is 3.02. The highest BCUT2D eigenvalue weighted by atomic mass is 16.2. The molecule has 5 nitrogen and oxygen atoms in total. The second-order valence-corrected chi connectivity index (χ2v) is 6.41. The molecule has 0 amide bonds. The molecule has 0 aliphatic heterocycles. The summed E-state index contributed by atoms with van der Waals surface area (Å²) in [5.41, 5.74) is 2.47. The summed E-state index contributed by atoms with van der Waals surface area (Å²) in [7, 11) is 3.18. The SMILES string of the molecule is Cn1c(CN[C@@H](Cc2ccccc2)c2ccccc2)cc(=O)n(C)c1=O. The van der Waals surface area contributed by atoms with Crippen molar-refractivity contribution in [3.05, 3.63) is 104 Å². The van der Waals surface area contributed by atoms with Crippen LogP contribution >= 0.6 is 0 Å². The van der Waals surface area contributed by atoms with E-state index in [1.54, 1.807) is 7.05 Å². The van der Waals surface area contributed by atoms with Gasteiger partial charge >= 0.3 is 5.69 Å².